The van der Waals surface area contributed by atoms with Crippen molar-refractivity contribution in [1.29, 1.82) is 0 Å². The molecule has 0 saturated heterocycles. The van der Waals surface area contributed by atoms with E-state index in [0.717, 1.165) is 5.76 Å². The monoisotopic (exact) mass is 134 g/mol. The Morgan fingerprint density at radius 2 is 2.40 bits per heavy atom. The Bertz CT molecular complexity index is 221. The van der Waals surface area contributed by atoms with E-state index in [1.807, 2.05) is 6.08 Å². The van der Waals surface area contributed by atoms with Gasteiger partial charge in [0.15, 0.2) is 0 Å². The molecule has 10 heavy (non-hydrogen) atoms. The molecule has 0 N–H and O–H groups in total. The average molecular weight is 134 g/mol. The molecule has 0 atom stereocenters. The minimum Gasteiger partial charge on any atom is -0.465 e. The Morgan fingerprint density at radius 1 is 1.40 bits per heavy atom. The predicted molar refractivity (Wildman–Crippen MR) is 40.2 cm³/mol. The summed E-state index contributed by atoms with van der Waals surface area (Å²) in [5, 5.41) is 0. The first-order valence-corrected chi connectivity index (χ1v) is 3.70. The van der Waals surface area contributed by atoms with Gasteiger partial charge in [-0.25, -0.2) is 0 Å². The Balaban J connectivity index is 2.32. The van der Waals surface area contributed by atoms with Crippen molar-refractivity contribution in [3.63, 3.8) is 0 Å². The van der Waals surface area contributed by atoms with Gasteiger partial charge in [0.1, 0.15) is 5.76 Å². The van der Waals surface area contributed by atoms with E-state index >= 15 is 0 Å². The maximum atomic E-state index is 5.29. The van der Waals surface area contributed by atoms with Gasteiger partial charge in [-0.2, -0.15) is 0 Å². The SMILES string of the molecule is C1=COC2=CCCCC2=C1. The van der Waals surface area contributed by atoms with Crippen molar-refractivity contribution in [2.75, 3.05) is 0 Å². The first kappa shape index (κ1) is 5.78. The lowest BCUT2D eigenvalue weighted by atomic mass is 9.99. The zero-order valence-corrected chi connectivity index (χ0v) is 5.84. The molecule has 0 aromatic rings. The Kier molecular flexibility index (Phi) is 1.35. The van der Waals surface area contributed by atoms with Crippen LogP contribution in [0.5, 0.6) is 0 Å². The molecule has 2 rings (SSSR count). The molecule has 0 saturated carbocycles. The highest BCUT2D eigenvalue weighted by Gasteiger charge is 2.11. The van der Waals surface area contributed by atoms with E-state index < -0.39 is 0 Å². The number of ether oxygens (including phenoxy) is 1. The topological polar surface area (TPSA) is 9.23 Å². The predicted octanol–water partition coefficient (Wildman–Crippen LogP) is 2.52. The lowest BCUT2D eigenvalue weighted by Crippen LogP contribution is -2.00. The minimum atomic E-state index is 1.08. The summed E-state index contributed by atoms with van der Waals surface area (Å²) in [5.74, 6) is 1.08. The molecule has 52 valence electrons. The Labute approximate surface area is 60.7 Å². The molecule has 1 aliphatic carbocycles. The van der Waals surface area contributed by atoms with Crippen molar-refractivity contribution < 1.29 is 4.74 Å². The van der Waals surface area contributed by atoms with Crippen molar-refractivity contribution in [2.24, 2.45) is 0 Å². The molecule has 0 radical (unpaired) electrons. The largest absolute Gasteiger partial charge is 0.465 e. The number of allylic oxidation sites excluding steroid dienone is 4. The van der Waals surface area contributed by atoms with Crippen LogP contribution >= 0.6 is 0 Å². The molecule has 0 amide bonds. The fraction of sp³-hybridized carbons (Fsp3) is 0.333. The lowest BCUT2D eigenvalue weighted by molar-refractivity contribution is 0.345. The van der Waals surface area contributed by atoms with E-state index in [9.17, 15) is 0 Å². The summed E-state index contributed by atoms with van der Waals surface area (Å²) in [6.45, 7) is 0. The van der Waals surface area contributed by atoms with Crippen molar-refractivity contribution in [3.05, 3.63) is 35.8 Å². The molecule has 0 unspecified atom stereocenters. The van der Waals surface area contributed by atoms with Gasteiger partial charge < -0.3 is 4.74 Å². The van der Waals surface area contributed by atoms with Gasteiger partial charge >= 0.3 is 0 Å². The highest BCUT2D eigenvalue weighted by Crippen LogP contribution is 2.26. The van der Waals surface area contributed by atoms with E-state index in [2.05, 4.69) is 12.2 Å². The van der Waals surface area contributed by atoms with Crippen LogP contribution in [0.4, 0.5) is 0 Å². The summed E-state index contributed by atoms with van der Waals surface area (Å²) >= 11 is 0. The summed E-state index contributed by atoms with van der Waals surface area (Å²) in [7, 11) is 0. The second-order valence-corrected chi connectivity index (χ2v) is 2.60. The Morgan fingerprint density at radius 3 is 3.30 bits per heavy atom. The van der Waals surface area contributed by atoms with Gasteiger partial charge in [0.05, 0.1) is 6.26 Å². The average Bonchev–Trinajstić information content (AvgIpc) is 2.05. The maximum absolute atomic E-state index is 5.29. The number of hydrogen-bond donors (Lipinski definition) is 0. The first-order valence-electron chi connectivity index (χ1n) is 3.70. The zero-order valence-electron chi connectivity index (χ0n) is 5.84. The second kappa shape index (κ2) is 2.33. The number of hydrogen-bond acceptors (Lipinski definition) is 1. The molecular formula is C9H10O. The van der Waals surface area contributed by atoms with Gasteiger partial charge in [-0.05, 0) is 37.0 Å². The van der Waals surface area contributed by atoms with Crippen LogP contribution in [-0.4, -0.2) is 0 Å². The third-order valence-corrected chi connectivity index (χ3v) is 1.87. The van der Waals surface area contributed by atoms with Crippen molar-refractivity contribution in [2.45, 2.75) is 19.3 Å². The van der Waals surface area contributed by atoms with Crippen LogP contribution in [0.1, 0.15) is 19.3 Å². The molecule has 1 nitrogen and oxygen atoms in total. The molecule has 2 aliphatic rings. The van der Waals surface area contributed by atoms with Gasteiger partial charge in [-0.1, -0.05) is 6.08 Å². The van der Waals surface area contributed by atoms with Crippen molar-refractivity contribution >= 4 is 0 Å². The summed E-state index contributed by atoms with van der Waals surface area (Å²) in [6.07, 6.45) is 11.6. The molecule has 0 aromatic carbocycles. The van der Waals surface area contributed by atoms with Crippen LogP contribution in [0.25, 0.3) is 0 Å². The molecule has 1 aliphatic heterocycles. The Hall–Kier alpha value is -0.980. The van der Waals surface area contributed by atoms with E-state index in [0.29, 0.717) is 0 Å². The minimum absolute atomic E-state index is 1.08. The smallest absolute Gasteiger partial charge is 0.125 e. The molecule has 0 bridgehead atoms. The van der Waals surface area contributed by atoms with Crippen LogP contribution < -0.4 is 0 Å². The normalized spacial score (nSPS) is 22.4. The second-order valence-electron chi connectivity index (χ2n) is 2.60. The molecule has 1 heteroatoms. The summed E-state index contributed by atoms with van der Waals surface area (Å²) in [6, 6.07) is 0. The highest BCUT2D eigenvalue weighted by atomic mass is 16.5. The quantitative estimate of drug-likeness (QED) is 0.494. The lowest BCUT2D eigenvalue weighted by Gasteiger charge is -2.17. The van der Waals surface area contributed by atoms with Crippen LogP contribution in [0, 0.1) is 0 Å². The van der Waals surface area contributed by atoms with Crippen molar-refractivity contribution in [3.8, 4) is 0 Å². The number of rotatable bonds is 0. The number of fused-ring (bicyclic) bond motifs is 1. The summed E-state index contributed by atoms with van der Waals surface area (Å²) in [5.41, 5.74) is 1.36. The van der Waals surface area contributed by atoms with Gasteiger partial charge in [-0.15, -0.1) is 0 Å². The zero-order chi connectivity index (χ0) is 6.81. The van der Waals surface area contributed by atoms with E-state index in [1.165, 1.54) is 24.8 Å². The van der Waals surface area contributed by atoms with E-state index in [1.54, 1.807) is 6.26 Å². The molecule has 0 spiro atoms. The van der Waals surface area contributed by atoms with Gasteiger partial charge in [0, 0.05) is 0 Å². The molecule has 0 fully saturated rings. The molecule has 0 aromatic heterocycles. The van der Waals surface area contributed by atoms with Crippen LogP contribution in [0.2, 0.25) is 0 Å². The van der Waals surface area contributed by atoms with Crippen LogP contribution in [0.15, 0.2) is 35.8 Å². The third kappa shape index (κ3) is 0.878. The van der Waals surface area contributed by atoms with Gasteiger partial charge in [-0.3, -0.25) is 0 Å². The fourth-order valence-electron chi connectivity index (χ4n) is 1.34. The summed E-state index contributed by atoms with van der Waals surface area (Å²) < 4.78 is 5.29. The molecular weight excluding hydrogens is 124 g/mol. The fourth-order valence-corrected chi connectivity index (χ4v) is 1.34. The maximum Gasteiger partial charge on any atom is 0.125 e. The highest BCUT2D eigenvalue weighted by molar-refractivity contribution is 5.34. The first-order chi connectivity index (χ1) is 4.97. The van der Waals surface area contributed by atoms with Gasteiger partial charge in [0.2, 0.25) is 0 Å². The van der Waals surface area contributed by atoms with Crippen LogP contribution in [-0.2, 0) is 4.74 Å². The van der Waals surface area contributed by atoms with Gasteiger partial charge in [0.25, 0.3) is 0 Å². The van der Waals surface area contributed by atoms with E-state index in [-0.39, 0.29) is 0 Å². The molecule has 1 heterocycles. The van der Waals surface area contributed by atoms with Crippen LogP contribution in [0.3, 0.4) is 0 Å². The van der Waals surface area contributed by atoms with E-state index in [4.69, 9.17) is 4.74 Å². The summed E-state index contributed by atoms with van der Waals surface area (Å²) in [4.78, 5) is 0. The van der Waals surface area contributed by atoms with Crippen molar-refractivity contribution in [1.82, 2.24) is 0 Å². The standard InChI is InChI=1S/C9H10O/c1-2-6-9-8(4-1)5-3-7-10-9/h3,5-7H,1-2,4H2. The third-order valence-electron chi connectivity index (χ3n) is 1.87.